The number of likely N-dealkylation sites (tertiary alicyclic amines) is 1. The van der Waals surface area contributed by atoms with E-state index in [0.29, 0.717) is 0 Å². The first-order valence-corrected chi connectivity index (χ1v) is 6.91. The molecule has 19 heavy (non-hydrogen) atoms. The quantitative estimate of drug-likeness (QED) is 0.849. The minimum absolute atomic E-state index is 0.153. The SMILES string of the molecule is COc1ccc(CC(N)CN2CCCC2)c(OC)c1. The fraction of sp³-hybridized carbons (Fsp3) is 0.600. The van der Waals surface area contributed by atoms with Gasteiger partial charge in [0.05, 0.1) is 14.2 Å². The van der Waals surface area contributed by atoms with Crippen LogP contribution < -0.4 is 15.2 Å². The van der Waals surface area contributed by atoms with Gasteiger partial charge in [-0.1, -0.05) is 6.07 Å². The molecule has 1 aromatic rings. The zero-order valence-electron chi connectivity index (χ0n) is 11.9. The second kappa shape index (κ2) is 6.78. The highest BCUT2D eigenvalue weighted by Gasteiger charge is 2.16. The second-order valence-corrected chi connectivity index (χ2v) is 5.15. The Labute approximate surface area is 115 Å². The molecule has 4 nitrogen and oxygen atoms in total. The normalized spacial score (nSPS) is 17.4. The number of methoxy groups -OCH3 is 2. The Kier molecular flexibility index (Phi) is 5.05. The van der Waals surface area contributed by atoms with Crippen molar-refractivity contribution >= 4 is 0 Å². The Balaban J connectivity index is 1.96. The fourth-order valence-corrected chi connectivity index (χ4v) is 2.66. The van der Waals surface area contributed by atoms with Gasteiger partial charge < -0.3 is 20.1 Å². The van der Waals surface area contributed by atoms with E-state index in [-0.39, 0.29) is 6.04 Å². The minimum Gasteiger partial charge on any atom is -0.497 e. The minimum atomic E-state index is 0.153. The summed E-state index contributed by atoms with van der Waals surface area (Å²) < 4.78 is 10.6. The van der Waals surface area contributed by atoms with Crippen molar-refractivity contribution < 1.29 is 9.47 Å². The molecule has 1 aliphatic heterocycles. The zero-order chi connectivity index (χ0) is 13.7. The lowest BCUT2D eigenvalue weighted by molar-refractivity contribution is 0.311. The van der Waals surface area contributed by atoms with Gasteiger partial charge in [0.2, 0.25) is 0 Å². The highest BCUT2D eigenvalue weighted by Crippen LogP contribution is 2.25. The van der Waals surface area contributed by atoms with Gasteiger partial charge in [0, 0.05) is 18.7 Å². The fourth-order valence-electron chi connectivity index (χ4n) is 2.66. The summed E-state index contributed by atoms with van der Waals surface area (Å²) in [6.07, 6.45) is 3.45. The molecule has 0 spiro atoms. The summed E-state index contributed by atoms with van der Waals surface area (Å²) in [6.45, 7) is 3.34. The lowest BCUT2D eigenvalue weighted by atomic mass is 10.0. The van der Waals surface area contributed by atoms with Gasteiger partial charge >= 0.3 is 0 Å². The van der Waals surface area contributed by atoms with Crippen LogP contribution >= 0.6 is 0 Å². The molecule has 0 aromatic heterocycles. The molecular weight excluding hydrogens is 240 g/mol. The molecule has 2 rings (SSSR count). The Morgan fingerprint density at radius 3 is 2.58 bits per heavy atom. The number of nitrogens with zero attached hydrogens (tertiary/aromatic N) is 1. The highest BCUT2D eigenvalue weighted by atomic mass is 16.5. The Hall–Kier alpha value is -1.26. The first kappa shape index (κ1) is 14.2. The lowest BCUT2D eigenvalue weighted by Crippen LogP contribution is -2.37. The van der Waals surface area contributed by atoms with E-state index in [1.807, 2.05) is 18.2 Å². The van der Waals surface area contributed by atoms with Crippen LogP contribution in [0.1, 0.15) is 18.4 Å². The van der Waals surface area contributed by atoms with Crippen LogP contribution in [0, 0.1) is 0 Å². The molecular formula is C15H24N2O2. The topological polar surface area (TPSA) is 47.7 Å². The van der Waals surface area contributed by atoms with Gasteiger partial charge in [-0.3, -0.25) is 0 Å². The molecule has 1 heterocycles. The van der Waals surface area contributed by atoms with Gasteiger partial charge in [0.15, 0.2) is 0 Å². The summed E-state index contributed by atoms with van der Waals surface area (Å²) in [6, 6.07) is 6.07. The average molecular weight is 264 g/mol. The number of ether oxygens (including phenoxy) is 2. The van der Waals surface area contributed by atoms with Crippen LogP contribution in [0.25, 0.3) is 0 Å². The summed E-state index contributed by atoms with van der Waals surface area (Å²) >= 11 is 0. The third-order valence-electron chi connectivity index (χ3n) is 3.67. The molecule has 4 heteroatoms. The van der Waals surface area contributed by atoms with Crippen LogP contribution in [0.15, 0.2) is 18.2 Å². The zero-order valence-corrected chi connectivity index (χ0v) is 11.9. The van der Waals surface area contributed by atoms with E-state index in [1.54, 1.807) is 14.2 Å². The van der Waals surface area contributed by atoms with Crippen LogP contribution in [-0.2, 0) is 6.42 Å². The van der Waals surface area contributed by atoms with Crippen molar-refractivity contribution in [2.75, 3.05) is 33.9 Å². The molecule has 106 valence electrons. The average Bonchev–Trinajstić information content (AvgIpc) is 2.91. The smallest absolute Gasteiger partial charge is 0.125 e. The molecule has 1 aliphatic rings. The molecule has 0 bridgehead atoms. The molecule has 2 N–H and O–H groups in total. The van der Waals surface area contributed by atoms with Gasteiger partial charge in [0.1, 0.15) is 11.5 Å². The number of hydrogen-bond donors (Lipinski definition) is 1. The molecule has 1 unspecified atom stereocenters. The van der Waals surface area contributed by atoms with Crippen molar-refractivity contribution in [2.45, 2.75) is 25.3 Å². The van der Waals surface area contributed by atoms with Crippen LogP contribution in [-0.4, -0.2) is 44.8 Å². The van der Waals surface area contributed by atoms with Crippen molar-refractivity contribution in [3.05, 3.63) is 23.8 Å². The van der Waals surface area contributed by atoms with Gasteiger partial charge in [-0.25, -0.2) is 0 Å². The van der Waals surface area contributed by atoms with E-state index in [2.05, 4.69) is 4.90 Å². The third kappa shape index (κ3) is 3.85. The molecule has 1 saturated heterocycles. The monoisotopic (exact) mass is 264 g/mol. The predicted molar refractivity (Wildman–Crippen MR) is 76.9 cm³/mol. The van der Waals surface area contributed by atoms with Gasteiger partial charge in [-0.05, 0) is 44.0 Å². The molecule has 1 atom stereocenters. The van der Waals surface area contributed by atoms with Crippen molar-refractivity contribution in [3.63, 3.8) is 0 Å². The van der Waals surface area contributed by atoms with E-state index in [9.17, 15) is 0 Å². The van der Waals surface area contributed by atoms with E-state index in [1.165, 1.54) is 25.9 Å². The van der Waals surface area contributed by atoms with Crippen LogP contribution in [0.5, 0.6) is 11.5 Å². The predicted octanol–water partition coefficient (Wildman–Crippen LogP) is 1.67. The van der Waals surface area contributed by atoms with E-state index >= 15 is 0 Å². The summed E-state index contributed by atoms with van der Waals surface area (Å²) in [4.78, 5) is 2.45. The Morgan fingerprint density at radius 2 is 1.95 bits per heavy atom. The van der Waals surface area contributed by atoms with Crippen molar-refractivity contribution in [2.24, 2.45) is 5.73 Å². The van der Waals surface area contributed by atoms with E-state index < -0.39 is 0 Å². The molecule has 1 aromatic carbocycles. The molecule has 0 aliphatic carbocycles. The van der Waals surface area contributed by atoms with Gasteiger partial charge in [-0.15, -0.1) is 0 Å². The summed E-state index contributed by atoms with van der Waals surface area (Å²) in [7, 11) is 3.35. The largest absolute Gasteiger partial charge is 0.497 e. The van der Waals surface area contributed by atoms with Gasteiger partial charge in [0.25, 0.3) is 0 Å². The first-order chi connectivity index (χ1) is 9.22. The molecule has 0 amide bonds. The van der Waals surface area contributed by atoms with E-state index in [4.69, 9.17) is 15.2 Å². The number of hydrogen-bond acceptors (Lipinski definition) is 4. The maximum atomic E-state index is 6.25. The number of benzene rings is 1. The van der Waals surface area contributed by atoms with Crippen LogP contribution in [0.3, 0.4) is 0 Å². The van der Waals surface area contributed by atoms with E-state index in [0.717, 1.165) is 30.0 Å². The standard InChI is InChI=1S/C15H24N2O2/c1-18-14-6-5-12(15(10-14)19-2)9-13(16)11-17-7-3-4-8-17/h5-6,10,13H,3-4,7-9,11,16H2,1-2H3. The summed E-state index contributed by atoms with van der Waals surface area (Å²) in [5.41, 5.74) is 7.40. The van der Waals surface area contributed by atoms with Crippen LogP contribution in [0.2, 0.25) is 0 Å². The third-order valence-corrected chi connectivity index (χ3v) is 3.67. The molecule has 0 radical (unpaired) electrons. The highest BCUT2D eigenvalue weighted by molar-refractivity contribution is 5.41. The second-order valence-electron chi connectivity index (χ2n) is 5.15. The number of nitrogens with two attached hydrogens (primary N) is 1. The summed E-state index contributed by atoms with van der Waals surface area (Å²) in [5, 5.41) is 0. The molecule has 0 saturated carbocycles. The lowest BCUT2D eigenvalue weighted by Gasteiger charge is -2.21. The maximum Gasteiger partial charge on any atom is 0.125 e. The first-order valence-electron chi connectivity index (χ1n) is 6.91. The molecule has 1 fully saturated rings. The van der Waals surface area contributed by atoms with Crippen LogP contribution in [0.4, 0.5) is 0 Å². The summed E-state index contributed by atoms with van der Waals surface area (Å²) in [5.74, 6) is 1.67. The van der Waals surface area contributed by atoms with Gasteiger partial charge in [-0.2, -0.15) is 0 Å². The van der Waals surface area contributed by atoms with Crippen molar-refractivity contribution in [1.29, 1.82) is 0 Å². The van der Waals surface area contributed by atoms with Crippen molar-refractivity contribution in [1.82, 2.24) is 4.90 Å². The Morgan fingerprint density at radius 1 is 1.21 bits per heavy atom. The Bertz CT molecular complexity index is 403. The van der Waals surface area contributed by atoms with Crippen molar-refractivity contribution in [3.8, 4) is 11.5 Å². The maximum absolute atomic E-state index is 6.25. The number of rotatable bonds is 6.